The Morgan fingerprint density at radius 3 is 2.22 bits per heavy atom. The molecule has 0 aromatic heterocycles. The van der Waals surface area contributed by atoms with Gasteiger partial charge in [-0.3, -0.25) is 9.59 Å². The summed E-state index contributed by atoms with van der Waals surface area (Å²) < 4.78 is 17.0. The number of likely N-dealkylation sites (N-methyl/N-ethyl adjacent to an activating group) is 1. The fraction of sp³-hybridized carbons (Fsp3) is 0.407. The van der Waals surface area contributed by atoms with E-state index < -0.39 is 17.7 Å². The van der Waals surface area contributed by atoms with Crippen molar-refractivity contribution in [2.45, 2.75) is 26.8 Å². The number of halogens is 1. The Hall–Kier alpha value is -3.23. The molecule has 194 valence electrons. The highest BCUT2D eigenvalue weighted by atomic mass is 35.5. The minimum Gasteiger partial charge on any atom is -0.507 e. The predicted molar refractivity (Wildman–Crippen MR) is 139 cm³/mol. The zero-order valence-electron chi connectivity index (χ0n) is 21.3. The van der Waals surface area contributed by atoms with Gasteiger partial charge >= 0.3 is 0 Å². The normalized spacial score (nSPS) is 17.1. The first-order chi connectivity index (χ1) is 17.2. The number of aliphatic hydroxyl groups excluding tert-OH is 1. The van der Waals surface area contributed by atoms with E-state index in [2.05, 4.69) is 0 Å². The highest BCUT2D eigenvalue weighted by molar-refractivity contribution is 6.46. The molecule has 1 amide bonds. The van der Waals surface area contributed by atoms with Crippen molar-refractivity contribution >= 4 is 29.1 Å². The van der Waals surface area contributed by atoms with Crippen LogP contribution in [0.1, 0.15) is 37.9 Å². The van der Waals surface area contributed by atoms with Crippen molar-refractivity contribution < 1.29 is 28.9 Å². The lowest BCUT2D eigenvalue weighted by Crippen LogP contribution is -2.35. The number of carbonyl (C=O) groups is 2. The molecule has 9 heteroatoms. The molecule has 0 radical (unpaired) electrons. The number of carbonyl (C=O) groups excluding carboxylic acids is 2. The second-order valence-electron chi connectivity index (χ2n) is 8.45. The fourth-order valence-corrected chi connectivity index (χ4v) is 4.25. The third-order valence-corrected chi connectivity index (χ3v) is 6.03. The number of Topliss-reactive ketones (excluding diaryl/α,β-unsaturated/α-hetero) is 1. The van der Waals surface area contributed by atoms with Crippen molar-refractivity contribution in [2.24, 2.45) is 0 Å². The van der Waals surface area contributed by atoms with Crippen LogP contribution in [0.25, 0.3) is 5.76 Å². The summed E-state index contributed by atoms with van der Waals surface area (Å²) in [4.78, 5) is 29.9. The molecule has 1 N–H and O–H groups in total. The van der Waals surface area contributed by atoms with E-state index in [1.165, 1.54) is 4.90 Å². The lowest BCUT2D eigenvalue weighted by molar-refractivity contribution is -0.140. The Kier molecular flexibility index (Phi) is 9.23. The number of ketones is 1. The molecule has 2 aromatic rings. The molecule has 1 unspecified atom stereocenters. The highest BCUT2D eigenvalue weighted by Crippen LogP contribution is 2.42. The maximum atomic E-state index is 13.3. The van der Waals surface area contributed by atoms with Gasteiger partial charge in [0.05, 0.1) is 36.5 Å². The molecule has 1 aliphatic heterocycles. The number of rotatable bonds is 11. The number of ether oxygens (including phenoxy) is 3. The Morgan fingerprint density at radius 1 is 0.944 bits per heavy atom. The van der Waals surface area contributed by atoms with Crippen LogP contribution >= 0.6 is 11.6 Å². The SMILES string of the molecule is CCOc1cc(/C(O)=C2/C(=O)C(=O)N(CCN(C)C)C2c2ccc(OCC)c(OCC)c2)ccc1Cl. The van der Waals surface area contributed by atoms with Gasteiger partial charge in [0, 0.05) is 18.7 Å². The first kappa shape index (κ1) is 27.4. The van der Waals surface area contributed by atoms with Crippen LogP contribution in [-0.2, 0) is 9.59 Å². The summed E-state index contributed by atoms with van der Waals surface area (Å²) in [5.74, 6) is -0.283. The summed E-state index contributed by atoms with van der Waals surface area (Å²) in [5, 5.41) is 11.7. The van der Waals surface area contributed by atoms with E-state index in [1.54, 1.807) is 36.4 Å². The van der Waals surface area contributed by atoms with Gasteiger partial charge in [-0.1, -0.05) is 17.7 Å². The van der Waals surface area contributed by atoms with Gasteiger partial charge in [-0.15, -0.1) is 0 Å². The van der Waals surface area contributed by atoms with Gasteiger partial charge in [0.2, 0.25) is 0 Å². The van der Waals surface area contributed by atoms with Crippen LogP contribution in [0.3, 0.4) is 0 Å². The number of amides is 1. The molecule has 1 aliphatic rings. The summed E-state index contributed by atoms with van der Waals surface area (Å²) >= 11 is 6.22. The number of aliphatic hydroxyl groups is 1. The van der Waals surface area contributed by atoms with Gasteiger partial charge in [-0.05, 0) is 70.8 Å². The molecule has 0 aliphatic carbocycles. The molecule has 2 aromatic carbocycles. The maximum Gasteiger partial charge on any atom is 0.295 e. The van der Waals surface area contributed by atoms with Crippen molar-refractivity contribution in [1.29, 1.82) is 0 Å². The van der Waals surface area contributed by atoms with Gasteiger partial charge in [-0.2, -0.15) is 0 Å². The lowest BCUT2D eigenvalue weighted by Gasteiger charge is -2.27. The van der Waals surface area contributed by atoms with Crippen LogP contribution in [0.5, 0.6) is 17.2 Å². The zero-order valence-corrected chi connectivity index (χ0v) is 22.1. The summed E-state index contributed by atoms with van der Waals surface area (Å²) in [6.45, 7) is 7.64. The van der Waals surface area contributed by atoms with Crippen LogP contribution in [0.4, 0.5) is 0 Å². The van der Waals surface area contributed by atoms with Crippen LogP contribution < -0.4 is 14.2 Å². The maximum absolute atomic E-state index is 13.3. The minimum absolute atomic E-state index is 0.00450. The second-order valence-corrected chi connectivity index (χ2v) is 8.85. The topological polar surface area (TPSA) is 88.5 Å². The van der Waals surface area contributed by atoms with Crippen LogP contribution in [-0.4, -0.2) is 73.6 Å². The van der Waals surface area contributed by atoms with Crippen LogP contribution in [0.2, 0.25) is 5.02 Å². The standard InChI is InChI=1S/C27H33ClN2O6/c1-6-34-20-12-10-17(15-22(20)36-8-3)24-23(26(32)27(33)30(24)14-13-29(4)5)25(31)18-9-11-19(28)21(16-18)35-7-2/h9-12,15-16,24,31H,6-8,13-14H2,1-5H3/b25-23-. The highest BCUT2D eigenvalue weighted by Gasteiger charge is 2.46. The molecule has 0 bridgehead atoms. The van der Waals surface area contributed by atoms with E-state index >= 15 is 0 Å². The molecular formula is C27H33ClN2O6. The van der Waals surface area contributed by atoms with E-state index in [9.17, 15) is 14.7 Å². The average Bonchev–Trinajstić information content (AvgIpc) is 3.10. The molecule has 1 atom stereocenters. The predicted octanol–water partition coefficient (Wildman–Crippen LogP) is 4.52. The number of nitrogens with zero attached hydrogens (tertiary/aromatic N) is 2. The van der Waals surface area contributed by atoms with E-state index in [1.807, 2.05) is 39.8 Å². The summed E-state index contributed by atoms with van der Waals surface area (Å²) in [5.41, 5.74) is 0.949. The monoisotopic (exact) mass is 516 g/mol. The number of benzene rings is 2. The summed E-state index contributed by atoms with van der Waals surface area (Å²) in [7, 11) is 3.78. The van der Waals surface area contributed by atoms with Crippen LogP contribution in [0, 0.1) is 0 Å². The van der Waals surface area contributed by atoms with Gasteiger partial charge in [0.25, 0.3) is 11.7 Å². The number of hydrogen-bond donors (Lipinski definition) is 1. The molecule has 1 saturated heterocycles. The zero-order chi connectivity index (χ0) is 26.4. The number of hydrogen-bond acceptors (Lipinski definition) is 7. The summed E-state index contributed by atoms with van der Waals surface area (Å²) in [6, 6.07) is 9.23. The molecule has 8 nitrogen and oxygen atoms in total. The summed E-state index contributed by atoms with van der Waals surface area (Å²) in [6.07, 6.45) is 0. The van der Waals surface area contributed by atoms with Crippen molar-refractivity contribution in [1.82, 2.24) is 9.80 Å². The van der Waals surface area contributed by atoms with Crippen molar-refractivity contribution in [3.05, 3.63) is 58.1 Å². The van der Waals surface area contributed by atoms with E-state index in [0.29, 0.717) is 66.3 Å². The van der Waals surface area contributed by atoms with Gasteiger partial charge in [-0.25, -0.2) is 0 Å². The van der Waals surface area contributed by atoms with Gasteiger partial charge in [0.1, 0.15) is 11.5 Å². The second kappa shape index (κ2) is 12.1. The Balaban J connectivity index is 2.19. The third-order valence-electron chi connectivity index (χ3n) is 5.72. The van der Waals surface area contributed by atoms with E-state index in [4.69, 9.17) is 25.8 Å². The third kappa shape index (κ3) is 5.77. The largest absolute Gasteiger partial charge is 0.507 e. The van der Waals surface area contributed by atoms with Crippen molar-refractivity contribution in [3.63, 3.8) is 0 Å². The molecule has 36 heavy (non-hydrogen) atoms. The first-order valence-corrected chi connectivity index (χ1v) is 12.4. The van der Waals surface area contributed by atoms with Gasteiger partial charge in [0.15, 0.2) is 11.5 Å². The Bertz CT molecular complexity index is 1150. The Morgan fingerprint density at radius 2 is 1.58 bits per heavy atom. The molecule has 0 spiro atoms. The molecular weight excluding hydrogens is 484 g/mol. The van der Waals surface area contributed by atoms with Crippen LogP contribution in [0.15, 0.2) is 42.0 Å². The Labute approximate surface area is 217 Å². The van der Waals surface area contributed by atoms with Crippen molar-refractivity contribution in [3.8, 4) is 17.2 Å². The smallest absolute Gasteiger partial charge is 0.295 e. The molecule has 3 rings (SSSR count). The molecule has 1 heterocycles. The van der Waals surface area contributed by atoms with Crippen molar-refractivity contribution in [2.75, 3.05) is 47.0 Å². The lowest BCUT2D eigenvalue weighted by atomic mass is 9.95. The number of likely N-dealkylation sites (tertiary alicyclic amines) is 1. The van der Waals surface area contributed by atoms with Gasteiger partial charge < -0.3 is 29.1 Å². The molecule has 1 fully saturated rings. The average molecular weight is 517 g/mol. The molecule has 0 saturated carbocycles. The quantitative estimate of drug-likeness (QED) is 0.267. The van der Waals surface area contributed by atoms with E-state index in [-0.39, 0.29) is 11.3 Å². The minimum atomic E-state index is -0.814. The first-order valence-electron chi connectivity index (χ1n) is 12.0. The van der Waals surface area contributed by atoms with E-state index in [0.717, 1.165) is 0 Å². The fourth-order valence-electron chi connectivity index (χ4n) is 4.07.